The Bertz CT molecular complexity index is 679. The number of piperazine rings is 1. The molecule has 1 unspecified atom stereocenters. The Morgan fingerprint density at radius 1 is 1.33 bits per heavy atom. The predicted molar refractivity (Wildman–Crippen MR) is 103 cm³/mol. The topological polar surface area (TPSA) is 59.1 Å². The van der Waals surface area contributed by atoms with Gasteiger partial charge < -0.3 is 14.4 Å². The van der Waals surface area contributed by atoms with Crippen LogP contribution in [-0.4, -0.2) is 66.6 Å². The molecule has 148 valence electrons. The summed E-state index contributed by atoms with van der Waals surface area (Å²) in [5, 5.41) is 0. The van der Waals surface area contributed by atoms with E-state index in [4.69, 9.17) is 9.47 Å². The van der Waals surface area contributed by atoms with Crippen LogP contribution in [0, 0.1) is 5.92 Å². The maximum Gasteiger partial charge on any atom is 0.410 e. The van der Waals surface area contributed by atoms with Gasteiger partial charge in [-0.2, -0.15) is 0 Å². The van der Waals surface area contributed by atoms with Crippen molar-refractivity contribution in [2.45, 2.75) is 39.2 Å². The zero-order valence-electron chi connectivity index (χ0n) is 16.6. The number of allylic oxidation sites excluding steroid dienone is 2. The first-order valence-corrected chi connectivity index (χ1v) is 9.68. The fourth-order valence-corrected chi connectivity index (χ4v) is 3.88. The minimum atomic E-state index is -0.471. The van der Waals surface area contributed by atoms with Gasteiger partial charge in [0.25, 0.3) is 0 Å². The van der Waals surface area contributed by atoms with Crippen LogP contribution in [0.1, 0.15) is 33.6 Å². The van der Waals surface area contributed by atoms with Gasteiger partial charge >= 0.3 is 6.09 Å². The summed E-state index contributed by atoms with van der Waals surface area (Å²) >= 11 is 0. The highest BCUT2D eigenvalue weighted by atomic mass is 16.6. The van der Waals surface area contributed by atoms with Crippen LogP contribution in [0.15, 0.2) is 35.6 Å². The first kappa shape index (κ1) is 19.7. The van der Waals surface area contributed by atoms with Crippen molar-refractivity contribution in [1.29, 1.82) is 0 Å². The van der Waals surface area contributed by atoms with Crippen molar-refractivity contribution in [2.75, 3.05) is 39.3 Å². The average Bonchev–Trinajstić information content (AvgIpc) is 3.06. The standard InChI is InChI=1S/C21H30N2O4/c1-5-16-17(19(24)12-15-13-26-14-18(15)16)6-7-22-8-10-23(11-9-22)20(25)27-21(2,3)4/h5,13,17H,1,6-12,14H2,2-4H3. The lowest BCUT2D eigenvalue weighted by molar-refractivity contribution is -0.121. The van der Waals surface area contributed by atoms with Crippen LogP contribution in [-0.2, 0) is 14.3 Å². The molecule has 1 aliphatic carbocycles. The highest BCUT2D eigenvalue weighted by Crippen LogP contribution is 2.37. The van der Waals surface area contributed by atoms with Crippen molar-refractivity contribution in [1.82, 2.24) is 9.80 Å². The minimum Gasteiger partial charge on any atom is -0.496 e. The Morgan fingerprint density at radius 2 is 2.04 bits per heavy atom. The van der Waals surface area contributed by atoms with Gasteiger partial charge in [-0.05, 0) is 44.9 Å². The maximum atomic E-state index is 12.6. The number of hydrogen-bond donors (Lipinski definition) is 0. The fraction of sp³-hybridized carbons (Fsp3) is 0.619. The Hall–Kier alpha value is -2.08. The van der Waals surface area contributed by atoms with Crippen molar-refractivity contribution in [3.63, 3.8) is 0 Å². The summed E-state index contributed by atoms with van der Waals surface area (Å²) in [6.07, 6.45) is 4.53. The Labute approximate surface area is 161 Å². The van der Waals surface area contributed by atoms with Gasteiger partial charge in [-0.3, -0.25) is 9.69 Å². The molecule has 2 heterocycles. The van der Waals surface area contributed by atoms with E-state index in [9.17, 15) is 9.59 Å². The number of ketones is 1. The van der Waals surface area contributed by atoms with Gasteiger partial charge in [-0.1, -0.05) is 12.7 Å². The van der Waals surface area contributed by atoms with Crippen LogP contribution >= 0.6 is 0 Å². The second kappa shape index (κ2) is 7.89. The highest BCUT2D eigenvalue weighted by Gasteiger charge is 2.34. The van der Waals surface area contributed by atoms with E-state index in [0.29, 0.717) is 26.1 Å². The van der Waals surface area contributed by atoms with E-state index in [1.165, 1.54) is 0 Å². The molecule has 1 amide bonds. The van der Waals surface area contributed by atoms with Gasteiger partial charge in [0.2, 0.25) is 0 Å². The molecule has 0 aromatic heterocycles. The van der Waals surface area contributed by atoms with Crippen molar-refractivity contribution < 1.29 is 19.1 Å². The van der Waals surface area contributed by atoms with Crippen molar-refractivity contribution in [2.24, 2.45) is 5.92 Å². The molecule has 27 heavy (non-hydrogen) atoms. The highest BCUT2D eigenvalue weighted by molar-refractivity contribution is 5.90. The molecule has 3 rings (SSSR count). The van der Waals surface area contributed by atoms with Gasteiger partial charge in [0.1, 0.15) is 18.0 Å². The Kier molecular flexibility index (Phi) is 5.75. The van der Waals surface area contributed by atoms with E-state index in [-0.39, 0.29) is 17.8 Å². The third-order valence-electron chi connectivity index (χ3n) is 5.30. The number of amides is 1. The van der Waals surface area contributed by atoms with E-state index in [2.05, 4.69) is 11.5 Å². The fourth-order valence-electron chi connectivity index (χ4n) is 3.88. The molecular formula is C21H30N2O4. The molecule has 0 bridgehead atoms. The van der Waals surface area contributed by atoms with Gasteiger partial charge in [-0.25, -0.2) is 4.79 Å². The zero-order valence-corrected chi connectivity index (χ0v) is 16.6. The van der Waals surface area contributed by atoms with Crippen LogP contribution in [0.4, 0.5) is 4.79 Å². The Morgan fingerprint density at radius 3 is 2.67 bits per heavy atom. The van der Waals surface area contributed by atoms with Crippen LogP contribution in [0.2, 0.25) is 0 Å². The van der Waals surface area contributed by atoms with E-state index in [1.807, 2.05) is 26.8 Å². The second-order valence-corrected chi connectivity index (χ2v) is 8.39. The average molecular weight is 374 g/mol. The molecule has 0 spiro atoms. The number of nitrogens with zero attached hydrogens (tertiary/aromatic N) is 2. The first-order valence-electron chi connectivity index (χ1n) is 9.68. The lowest BCUT2D eigenvalue weighted by Crippen LogP contribution is -2.50. The summed E-state index contributed by atoms with van der Waals surface area (Å²) in [6.45, 7) is 13.9. The first-order chi connectivity index (χ1) is 12.8. The number of Topliss-reactive ketones (excluding diaryl/α,β-unsaturated/α-hetero) is 1. The lowest BCUT2D eigenvalue weighted by atomic mass is 9.78. The number of carbonyl (C=O) groups excluding carboxylic acids is 2. The van der Waals surface area contributed by atoms with E-state index in [1.54, 1.807) is 11.2 Å². The van der Waals surface area contributed by atoms with Gasteiger partial charge in [-0.15, -0.1) is 0 Å². The Balaban J connectivity index is 1.52. The summed E-state index contributed by atoms with van der Waals surface area (Å²) in [6, 6.07) is 0. The largest absolute Gasteiger partial charge is 0.496 e. The molecule has 6 nitrogen and oxygen atoms in total. The summed E-state index contributed by atoms with van der Waals surface area (Å²) in [5.41, 5.74) is 2.71. The molecule has 6 heteroatoms. The summed E-state index contributed by atoms with van der Waals surface area (Å²) in [5.74, 6) is 0.151. The van der Waals surface area contributed by atoms with Crippen molar-refractivity contribution in [3.8, 4) is 0 Å². The lowest BCUT2D eigenvalue weighted by Gasteiger charge is -2.36. The maximum absolute atomic E-state index is 12.6. The molecule has 0 aromatic rings. The second-order valence-electron chi connectivity index (χ2n) is 8.39. The summed E-state index contributed by atoms with van der Waals surface area (Å²) in [4.78, 5) is 28.8. The molecule has 2 aliphatic heterocycles. The molecule has 0 radical (unpaired) electrons. The molecule has 1 fully saturated rings. The van der Waals surface area contributed by atoms with Crippen LogP contribution in [0.5, 0.6) is 0 Å². The normalized spacial score (nSPS) is 23.7. The smallest absolute Gasteiger partial charge is 0.410 e. The third kappa shape index (κ3) is 4.61. The van der Waals surface area contributed by atoms with E-state index >= 15 is 0 Å². The molecule has 0 saturated carbocycles. The monoisotopic (exact) mass is 374 g/mol. The van der Waals surface area contributed by atoms with Crippen molar-refractivity contribution >= 4 is 11.9 Å². The van der Waals surface area contributed by atoms with Crippen LogP contribution in [0.25, 0.3) is 0 Å². The van der Waals surface area contributed by atoms with E-state index < -0.39 is 5.60 Å². The molecule has 1 saturated heterocycles. The molecule has 3 aliphatic rings. The van der Waals surface area contributed by atoms with Crippen LogP contribution in [0.3, 0.4) is 0 Å². The van der Waals surface area contributed by atoms with Crippen LogP contribution < -0.4 is 0 Å². The number of rotatable bonds is 4. The minimum absolute atomic E-state index is 0.0970. The predicted octanol–water partition coefficient (Wildman–Crippen LogP) is 2.91. The summed E-state index contributed by atoms with van der Waals surface area (Å²) in [7, 11) is 0. The number of fused-ring (bicyclic) bond motifs is 1. The van der Waals surface area contributed by atoms with Gasteiger partial charge in [0, 0.05) is 44.1 Å². The molecule has 0 N–H and O–H groups in total. The van der Waals surface area contributed by atoms with E-state index in [0.717, 1.165) is 42.8 Å². The molecular weight excluding hydrogens is 344 g/mol. The quantitative estimate of drug-likeness (QED) is 0.757. The third-order valence-corrected chi connectivity index (χ3v) is 5.30. The van der Waals surface area contributed by atoms with Crippen molar-refractivity contribution in [3.05, 3.63) is 35.6 Å². The van der Waals surface area contributed by atoms with Gasteiger partial charge in [0.15, 0.2) is 0 Å². The molecule has 0 aromatic carbocycles. The molecule has 1 atom stereocenters. The zero-order chi connectivity index (χ0) is 19.6. The van der Waals surface area contributed by atoms with Gasteiger partial charge in [0.05, 0.1) is 6.26 Å². The number of hydrogen-bond acceptors (Lipinski definition) is 5. The number of carbonyl (C=O) groups is 2. The summed E-state index contributed by atoms with van der Waals surface area (Å²) < 4.78 is 10.8. The number of ether oxygens (including phenoxy) is 2. The SMILES string of the molecule is C=CC1=C2COC=C2CC(=O)C1CCN1CCN(C(=O)OC(C)(C)C)CC1.